The molecule has 104 valence electrons. The Labute approximate surface area is 111 Å². The van der Waals surface area contributed by atoms with E-state index >= 15 is 0 Å². The zero-order valence-corrected chi connectivity index (χ0v) is 12.3. The van der Waals surface area contributed by atoms with E-state index in [0.29, 0.717) is 18.0 Å². The van der Waals surface area contributed by atoms with Crippen molar-refractivity contribution in [3.8, 4) is 0 Å². The molecule has 2 aliphatic rings. The number of nitrogens with zero attached hydrogens (tertiary/aromatic N) is 1. The Bertz CT molecular complexity index is 306. The summed E-state index contributed by atoms with van der Waals surface area (Å²) in [6.07, 6.45) is 5.82. The van der Waals surface area contributed by atoms with Crippen LogP contribution >= 0.6 is 0 Å². The standard InChI is InChI=1S/C15H28N2O/c1-5-16-11-6-8-12(9-7-11)17(4)14(18)13-10-15(13,2)3/h11-13,16H,5-10H2,1-4H3. The van der Waals surface area contributed by atoms with Crippen molar-refractivity contribution < 1.29 is 4.79 Å². The summed E-state index contributed by atoms with van der Waals surface area (Å²) in [7, 11) is 2.01. The third-order valence-electron chi connectivity index (χ3n) is 4.90. The fraction of sp³-hybridized carbons (Fsp3) is 0.933. The largest absolute Gasteiger partial charge is 0.343 e. The molecule has 1 N–H and O–H groups in total. The van der Waals surface area contributed by atoms with E-state index in [0.717, 1.165) is 25.8 Å². The monoisotopic (exact) mass is 252 g/mol. The van der Waals surface area contributed by atoms with Gasteiger partial charge in [-0.3, -0.25) is 4.79 Å². The molecule has 1 amide bonds. The van der Waals surface area contributed by atoms with E-state index in [2.05, 4.69) is 26.1 Å². The molecule has 1 atom stereocenters. The average Bonchev–Trinajstić information content (AvgIpc) is 2.98. The molecule has 0 heterocycles. The summed E-state index contributed by atoms with van der Waals surface area (Å²) in [6.45, 7) is 7.62. The van der Waals surface area contributed by atoms with Crippen molar-refractivity contribution in [1.82, 2.24) is 10.2 Å². The van der Waals surface area contributed by atoms with Gasteiger partial charge in [-0.25, -0.2) is 0 Å². The number of hydrogen-bond donors (Lipinski definition) is 1. The minimum atomic E-state index is 0.256. The summed E-state index contributed by atoms with van der Waals surface area (Å²) in [5, 5.41) is 3.52. The van der Waals surface area contributed by atoms with Crippen molar-refractivity contribution >= 4 is 5.91 Å². The molecule has 0 aromatic heterocycles. The van der Waals surface area contributed by atoms with E-state index in [1.165, 1.54) is 12.8 Å². The van der Waals surface area contributed by atoms with Crippen LogP contribution in [0.3, 0.4) is 0 Å². The van der Waals surface area contributed by atoms with Gasteiger partial charge < -0.3 is 10.2 Å². The molecule has 1 unspecified atom stereocenters. The topological polar surface area (TPSA) is 32.3 Å². The summed E-state index contributed by atoms with van der Waals surface area (Å²) >= 11 is 0. The van der Waals surface area contributed by atoms with Crippen molar-refractivity contribution in [3.05, 3.63) is 0 Å². The van der Waals surface area contributed by atoms with Crippen LogP contribution in [0.4, 0.5) is 0 Å². The number of nitrogens with one attached hydrogen (secondary N) is 1. The number of rotatable bonds is 4. The third-order valence-corrected chi connectivity index (χ3v) is 4.90. The summed E-state index contributed by atoms with van der Waals surface area (Å²) in [4.78, 5) is 14.4. The van der Waals surface area contributed by atoms with Gasteiger partial charge in [0.15, 0.2) is 0 Å². The van der Waals surface area contributed by atoms with Crippen molar-refractivity contribution in [2.45, 2.75) is 65.0 Å². The maximum absolute atomic E-state index is 12.3. The second kappa shape index (κ2) is 5.20. The van der Waals surface area contributed by atoms with E-state index in [4.69, 9.17) is 0 Å². The predicted molar refractivity (Wildman–Crippen MR) is 74.4 cm³/mol. The van der Waals surface area contributed by atoms with Crippen molar-refractivity contribution in [1.29, 1.82) is 0 Å². The van der Waals surface area contributed by atoms with Crippen LogP contribution in [-0.2, 0) is 4.79 Å². The van der Waals surface area contributed by atoms with Gasteiger partial charge in [-0.05, 0) is 44.1 Å². The summed E-state index contributed by atoms with van der Waals surface area (Å²) in [5.74, 6) is 0.667. The number of carbonyl (C=O) groups is 1. The van der Waals surface area contributed by atoms with Crippen LogP contribution in [-0.4, -0.2) is 36.5 Å². The molecule has 3 nitrogen and oxygen atoms in total. The zero-order valence-electron chi connectivity index (χ0n) is 12.3. The lowest BCUT2D eigenvalue weighted by molar-refractivity contribution is -0.134. The van der Waals surface area contributed by atoms with Gasteiger partial charge in [0.1, 0.15) is 0 Å². The van der Waals surface area contributed by atoms with Gasteiger partial charge in [0.25, 0.3) is 0 Å². The maximum atomic E-state index is 12.3. The maximum Gasteiger partial charge on any atom is 0.226 e. The molecule has 0 aromatic rings. The molecule has 2 aliphatic carbocycles. The molecule has 0 aromatic carbocycles. The van der Waals surface area contributed by atoms with E-state index in [1.54, 1.807) is 0 Å². The minimum Gasteiger partial charge on any atom is -0.343 e. The number of amides is 1. The van der Waals surface area contributed by atoms with E-state index in [-0.39, 0.29) is 11.3 Å². The van der Waals surface area contributed by atoms with Gasteiger partial charge in [0, 0.05) is 25.0 Å². The molecule has 0 spiro atoms. The smallest absolute Gasteiger partial charge is 0.226 e. The first-order valence-electron chi connectivity index (χ1n) is 7.45. The highest BCUT2D eigenvalue weighted by molar-refractivity contribution is 5.82. The van der Waals surface area contributed by atoms with Crippen molar-refractivity contribution in [2.24, 2.45) is 11.3 Å². The van der Waals surface area contributed by atoms with Gasteiger partial charge in [-0.2, -0.15) is 0 Å². The summed E-state index contributed by atoms with van der Waals surface area (Å²) < 4.78 is 0. The normalized spacial score (nSPS) is 34.1. The fourth-order valence-electron chi connectivity index (χ4n) is 3.27. The lowest BCUT2D eigenvalue weighted by Gasteiger charge is -2.35. The van der Waals surface area contributed by atoms with Crippen molar-refractivity contribution in [2.75, 3.05) is 13.6 Å². The lowest BCUT2D eigenvalue weighted by Crippen LogP contribution is -2.44. The molecule has 0 bridgehead atoms. The Kier molecular flexibility index (Phi) is 4.00. The van der Waals surface area contributed by atoms with Crippen LogP contribution in [0.5, 0.6) is 0 Å². The Morgan fingerprint density at radius 2 is 1.83 bits per heavy atom. The molecule has 2 fully saturated rings. The van der Waals surface area contributed by atoms with Gasteiger partial charge in [0.05, 0.1) is 0 Å². The molecule has 3 heteroatoms. The van der Waals surface area contributed by atoms with Crippen LogP contribution in [0.25, 0.3) is 0 Å². The molecule has 0 radical (unpaired) electrons. The average molecular weight is 252 g/mol. The van der Waals surface area contributed by atoms with Crippen molar-refractivity contribution in [3.63, 3.8) is 0 Å². The summed E-state index contributed by atoms with van der Waals surface area (Å²) in [6, 6.07) is 1.15. The first-order valence-corrected chi connectivity index (χ1v) is 7.45. The highest BCUT2D eigenvalue weighted by Gasteiger charge is 2.52. The lowest BCUT2D eigenvalue weighted by atomic mass is 9.90. The Balaban J connectivity index is 1.81. The number of hydrogen-bond acceptors (Lipinski definition) is 2. The molecule has 2 saturated carbocycles. The zero-order chi connectivity index (χ0) is 13.3. The van der Waals surface area contributed by atoms with Gasteiger partial charge in [-0.15, -0.1) is 0 Å². The Morgan fingerprint density at radius 1 is 1.28 bits per heavy atom. The van der Waals surface area contributed by atoms with E-state index in [1.807, 2.05) is 11.9 Å². The minimum absolute atomic E-state index is 0.256. The van der Waals surface area contributed by atoms with Crippen LogP contribution in [0, 0.1) is 11.3 Å². The second-order valence-electron chi connectivity index (χ2n) is 6.76. The van der Waals surface area contributed by atoms with Crippen LogP contribution in [0.2, 0.25) is 0 Å². The molecular formula is C15H28N2O. The first-order chi connectivity index (χ1) is 8.45. The SMILES string of the molecule is CCNC1CCC(N(C)C(=O)C2CC2(C)C)CC1. The van der Waals surface area contributed by atoms with Crippen LogP contribution in [0.15, 0.2) is 0 Å². The Morgan fingerprint density at radius 3 is 2.28 bits per heavy atom. The van der Waals surface area contributed by atoms with Gasteiger partial charge >= 0.3 is 0 Å². The van der Waals surface area contributed by atoms with Gasteiger partial charge in [0.2, 0.25) is 5.91 Å². The fourth-order valence-corrected chi connectivity index (χ4v) is 3.27. The van der Waals surface area contributed by atoms with Crippen LogP contribution < -0.4 is 5.32 Å². The second-order valence-corrected chi connectivity index (χ2v) is 6.76. The summed E-state index contributed by atoms with van der Waals surface area (Å²) in [5.41, 5.74) is 0.256. The van der Waals surface area contributed by atoms with E-state index < -0.39 is 0 Å². The number of carbonyl (C=O) groups excluding carboxylic acids is 1. The molecule has 2 rings (SSSR count). The first kappa shape index (κ1) is 13.9. The third kappa shape index (κ3) is 2.87. The molecular weight excluding hydrogens is 224 g/mol. The quantitative estimate of drug-likeness (QED) is 0.833. The molecule has 18 heavy (non-hydrogen) atoms. The molecule has 0 aliphatic heterocycles. The molecule has 0 saturated heterocycles. The Hall–Kier alpha value is -0.570. The predicted octanol–water partition coefficient (Wildman–Crippen LogP) is 2.41. The highest BCUT2D eigenvalue weighted by Crippen LogP contribution is 2.52. The van der Waals surface area contributed by atoms with Gasteiger partial charge in [-0.1, -0.05) is 20.8 Å². The van der Waals surface area contributed by atoms with Crippen LogP contribution in [0.1, 0.15) is 52.9 Å². The van der Waals surface area contributed by atoms with E-state index in [9.17, 15) is 4.79 Å². The highest BCUT2D eigenvalue weighted by atomic mass is 16.2.